The quantitative estimate of drug-likeness (QED) is 0.527. The van der Waals surface area contributed by atoms with Gasteiger partial charge in [0.1, 0.15) is 11.4 Å². The van der Waals surface area contributed by atoms with Crippen LogP contribution < -0.4 is 4.74 Å². The van der Waals surface area contributed by atoms with Crippen molar-refractivity contribution in [2.45, 2.75) is 46.1 Å². The Labute approximate surface area is 131 Å². The highest BCUT2D eigenvalue weighted by Crippen LogP contribution is 2.12. The number of hydrogen-bond acceptors (Lipinski definition) is 4. The molecule has 0 aliphatic carbocycles. The predicted molar refractivity (Wildman–Crippen MR) is 85.3 cm³/mol. The van der Waals surface area contributed by atoms with E-state index in [9.17, 15) is 4.79 Å². The molecule has 2 aromatic rings. The smallest absolute Gasteiger partial charge is 0.172 e. The van der Waals surface area contributed by atoms with E-state index in [0.717, 1.165) is 43.4 Å². The number of nitrogens with zero attached hydrogens (tertiary/aromatic N) is 3. The van der Waals surface area contributed by atoms with Crippen LogP contribution in [0.15, 0.2) is 24.3 Å². The molecule has 5 heteroatoms. The van der Waals surface area contributed by atoms with Crippen LogP contribution in [0.2, 0.25) is 0 Å². The van der Waals surface area contributed by atoms with Crippen molar-refractivity contribution < 1.29 is 9.53 Å². The molecule has 1 aromatic carbocycles. The normalized spacial score (nSPS) is 10.6. The Hall–Kier alpha value is -2.17. The van der Waals surface area contributed by atoms with Gasteiger partial charge in [0, 0.05) is 13.0 Å². The Morgan fingerprint density at radius 1 is 1.23 bits per heavy atom. The Balaban J connectivity index is 1.84. The number of unbranched alkanes of at least 4 members (excludes halogenated alkanes) is 1. The molecule has 0 N–H and O–H groups in total. The molecular formula is C17H23N3O2. The number of aldehydes is 1. The van der Waals surface area contributed by atoms with Gasteiger partial charge >= 0.3 is 0 Å². The van der Waals surface area contributed by atoms with Gasteiger partial charge in [-0.25, -0.2) is 4.68 Å². The van der Waals surface area contributed by atoms with E-state index in [0.29, 0.717) is 18.8 Å². The Morgan fingerprint density at radius 2 is 2.00 bits per heavy atom. The highest BCUT2D eigenvalue weighted by atomic mass is 16.5. The minimum Gasteiger partial charge on any atom is -0.494 e. The maximum atomic E-state index is 11.0. The number of hydrogen-bond donors (Lipinski definition) is 0. The van der Waals surface area contributed by atoms with Crippen molar-refractivity contribution in [2.75, 3.05) is 6.61 Å². The number of aromatic nitrogens is 3. The van der Waals surface area contributed by atoms with Crippen molar-refractivity contribution in [3.05, 3.63) is 41.2 Å². The average molecular weight is 301 g/mol. The molecule has 1 aromatic heterocycles. The first-order valence-electron chi connectivity index (χ1n) is 7.81. The van der Waals surface area contributed by atoms with Crippen molar-refractivity contribution in [1.82, 2.24) is 15.0 Å². The van der Waals surface area contributed by atoms with Gasteiger partial charge in [-0.1, -0.05) is 36.3 Å². The Kier molecular flexibility index (Phi) is 6.13. The number of ether oxygens (including phenoxy) is 1. The van der Waals surface area contributed by atoms with Gasteiger partial charge in [0.25, 0.3) is 0 Å². The second-order valence-electron chi connectivity index (χ2n) is 5.38. The van der Waals surface area contributed by atoms with Gasteiger partial charge in [-0.15, -0.1) is 5.10 Å². The number of carbonyl (C=O) groups excluding carboxylic acids is 1. The van der Waals surface area contributed by atoms with Crippen LogP contribution >= 0.6 is 0 Å². The van der Waals surface area contributed by atoms with Crippen LogP contribution in [0.5, 0.6) is 5.75 Å². The molecule has 22 heavy (non-hydrogen) atoms. The summed E-state index contributed by atoms with van der Waals surface area (Å²) in [6.07, 6.45) is 4.58. The number of benzene rings is 1. The van der Waals surface area contributed by atoms with Crippen molar-refractivity contribution in [3.63, 3.8) is 0 Å². The van der Waals surface area contributed by atoms with Crippen LogP contribution in [0.25, 0.3) is 0 Å². The summed E-state index contributed by atoms with van der Waals surface area (Å²) in [7, 11) is 0. The van der Waals surface area contributed by atoms with Gasteiger partial charge in [0.05, 0.1) is 12.3 Å². The summed E-state index contributed by atoms with van der Waals surface area (Å²) in [6.45, 7) is 5.51. The van der Waals surface area contributed by atoms with Crippen molar-refractivity contribution >= 4 is 6.29 Å². The molecule has 0 unspecified atom stereocenters. The zero-order valence-corrected chi connectivity index (χ0v) is 13.3. The molecule has 0 aliphatic rings. The maximum absolute atomic E-state index is 11.0. The highest BCUT2D eigenvalue weighted by Gasteiger charge is 2.11. The molecule has 0 amide bonds. The van der Waals surface area contributed by atoms with E-state index in [-0.39, 0.29) is 0 Å². The van der Waals surface area contributed by atoms with E-state index >= 15 is 0 Å². The zero-order valence-electron chi connectivity index (χ0n) is 13.3. The van der Waals surface area contributed by atoms with Crippen molar-refractivity contribution in [3.8, 4) is 5.75 Å². The summed E-state index contributed by atoms with van der Waals surface area (Å²) in [5, 5.41) is 8.01. The van der Waals surface area contributed by atoms with Crippen molar-refractivity contribution in [2.24, 2.45) is 0 Å². The van der Waals surface area contributed by atoms with Gasteiger partial charge in [-0.2, -0.15) is 0 Å². The fourth-order valence-corrected chi connectivity index (χ4v) is 2.26. The fourth-order valence-electron chi connectivity index (χ4n) is 2.26. The van der Waals surface area contributed by atoms with E-state index in [1.807, 2.05) is 28.9 Å². The molecule has 0 saturated heterocycles. The predicted octanol–water partition coefficient (Wildman–Crippen LogP) is 3.21. The summed E-state index contributed by atoms with van der Waals surface area (Å²) in [5.41, 5.74) is 2.62. The topological polar surface area (TPSA) is 57.0 Å². The molecule has 0 saturated carbocycles. The third-order valence-corrected chi connectivity index (χ3v) is 3.55. The standard InChI is InChI=1S/C17H23N3O2/c1-3-4-6-17-16(13-21)18-19-20(17)11-5-12-22-15-9-7-14(2)8-10-15/h7-10,13H,3-6,11-12H2,1-2H3. The molecule has 0 spiro atoms. The van der Waals surface area contributed by atoms with Gasteiger partial charge in [0.2, 0.25) is 0 Å². The molecule has 0 aliphatic heterocycles. The SMILES string of the molecule is CCCCc1c(C=O)nnn1CCCOc1ccc(C)cc1. The van der Waals surface area contributed by atoms with Crippen molar-refractivity contribution in [1.29, 1.82) is 0 Å². The average Bonchev–Trinajstić information content (AvgIpc) is 2.93. The molecule has 2 rings (SSSR count). The summed E-state index contributed by atoms with van der Waals surface area (Å²) in [6, 6.07) is 8.02. The molecule has 0 fully saturated rings. The number of aryl methyl sites for hydroxylation is 2. The first-order valence-corrected chi connectivity index (χ1v) is 7.81. The van der Waals surface area contributed by atoms with E-state index in [2.05, 4.69) is 24.2 Å². The van der Waals surface area contributed by atoms with Gasteiger partial charge in [0.15, 0.2) is 6.29 Å². The van der Waals surface area contributed by atoms with E-state index in [1.54, 1.807) is 0 Å². The zero-order chi connectivity index (χ0) is 15.8. The van der Waals surface area contributed by atoms with Crippen LogP contribution in [-0.2, 0) is 13.0 Å². The van der Waals surface area contributed by atoms with Gasteiger partial charge in [-0.05, 0) is 31.9 Å². The van der Waals surface area contributed by atoms with Crippen LogP contribution in [0.1, 0.15) is 47.9 Å². The number of rotatable bonds is 9. The molecule has 0 radical (unpaired) electrons. The number of carbonyl (C=O) groups is 1. The largest absolute Gasteiger partial charge is 0.494 e. The molecular weight excluding hydrogens is 278 g/mol. The lowest BCUT2D eigenvalue weighted by Gasteiger charge is -2.08. The molecule has 5 nitrogen and oxygen atoms in total. The van der Waals surface area contributed by atoms with E-state index in [1.165, 1.54) is 5.56 Å². The maximum Gasteiger partial charge on any atom is 0.172 e. The lowest BCUT2D eigenvalue weighted by molar-refractivity contribution is 0.111. The summed E-state index contributed by atoms with van der Waals surface area (Å²) in [5.74, 6) is 0.879. The molecule has 118 valence electrons. The summed E-state index contributed by atoms with van der Waals surface area (Å²) in [4.78, 5) is 11.0. The highest BCUT2D eigenvalue weighted by molar-refractivity contribution is 5.73. The van der Waals surface area contributed by atoms with Crippen LogP contribution in [0, 0.1) is 6.92 Å². The van der Waals surface area contributed by atoms with Crippen LogP contribution in [0.3, 0.4) is 0 Å². The third kappa shape index (κ3) is 4.41. The third-order valence-electron chi connectivity index (χ3n) is 3.55. The van der Waals surface area contributed by atoms with E-state index in [4.69, 9.17) is 4.74 Å². The Bertz CT molecular complexity index is 590. The monoisotopic (exact) mass is 301 g/mol. The molecule has 0 atom stereocenters. The first-order chi connectivity index (χ1) is 10.7. The molecule has 1 heterocycles. The van der Waals surface area contributed by atoms with Crippen LogP contribution in [0.4, 0.5) is 0 Å². The minimum atomic E-state index is 0.466. The van der Waals surface area contributed by atoms with Gasteiger partial charge in [-0.3, -0.25) is 4.79 Å². The minimum absolute atomic E-state index is 0.466. The second kappa shape index (κ2) is 8.32. The summed E-state index contributed by atoms with van der Waals surface area (Å²) < 4.78 is 7.54. The fraction of sp³-hybridized carbons (Fsp3) is 0.471. The van der Waals surface area contributed by atoms with E-state index < -0.39 is 0 Å². The van der Waals surface area contributed by atoms with Crippen LogP contribution in [-0.4, -0.2) is 27.9 Å². The first kappa shape index (κ1) is 16.2. The summed E-state index contributed by atoms with van der Waals surface area (Å²) >= 11 is 0. The lowest BCUT2D eigenvalue weighted by Crippen LogP contribution is -2.10. The molecule has 0 bridgehead atoms. The van der Waals surface area contributed by atoms with Gasteiger partial charge < -0.3 is 4.74 Å². The second-order valence-corrected chi connectivity index (χ2v) is 5.38. The lowest BCUT2D eigenvalue weighted by atomic mass is 10.1. The Morgan fingerprint density at radius 3 is 2.68 bits per heavy atom.